The molecule has 0 unspecified atom stereocenters. The van der Waals surface area contributed by atoms with Gasteiger partial charge in [0.15, 0.2) is 0 Å². The molecule has 2 amide bonds. The molecule has 4 heteroatoms. The third kappa shape index (κ3) is 7.81. The van der Waals surface area contributed by atoms with Crippen LogP contribution in [0.2, 0.25) is 0 Å². The maximum absolute atomic E-state index is 13.2. The molecular formula is C28H40N2O2. The summed E-state index contributed by atoms with van der Waals surface area (Å²) in [5.41, 5.74) is 3.71. The number of amides is 2. The Morgan fingerprint density at radius 1 is 0.906 bits per heavy atom. The molecule has 0 aliphatic rings. The molecule has 0 aliphatic heterocycles. The molecule has 0 fully saturated rings. The van der Waals surface area contributed by atoms with E-state index in [-0.39, 0.29) is 23.3 Å². The number of rotatable bonds is 10. The summed E-state index contributed by atoms with van der Waals surface area (Å²) in [6.07, 6.45) is 2.66. The molecule has 2 aromatic carbocycles. The largest absolute Gasteiger partial charge is 0.352 e. The van der Waals surface area contributed by atoms with Crippen LogP contribution in [0.4, 0.5) is 0 Å². The Morgan fingerprint density at radius 3 is 2.06 bits per heavy atom. The van der Waals surface area contributed by atoms with E-state index in [9.17, 15) is 9.59 Å². The van der Waals surface area contributed by atoms with Crippen LogP contribution in [0.25, 0.3) is 0 Å². The predicted octanol–water partition coefficient (Wildman–Crippen LogP) is 5.29. The first-order chi connectivity index (χ1) is 15.1. The average molecular weight is 437 g/mol. The van der Waals surface area contributed by atoms with Gasteiger partial charge in [0, 0.05) is 19.0 Å². The number of carbonyl (C=O) groups is 2. The van der Waals surface area contributed by atoms with Gasteiger partial charge in [0.1, 0.15) is 6.04 Å². The SMILES string of the molecule is CC[C@H](C)NC(=O)[C@@H](C)N(CCc1ccccc1)C(=O)CCc1ccc(C(C)(C)C)cc1. The van der Waals surface area contributed by atoms with Crippen LogP contribution in [0, 0.1) is 0 Å². The van der Waals surface area contributed by atoms with E-state index in [0.29, 0.717) is 19.4 Å². The second kappa shape index (κ2) is 11.8. The number of hydrogen-bond donors (Lipinski definition) is 1. The lowest BCUT2D eigenvalue weighted by molar-refractivity contribution is -0.140. The average Bonchev–Trinajstić information content (AvgIpc) is 2.77. The molecule has 2 atom stereocenters. The lowest BCUT2D eigenvalue weighted by Gasteiger charge is -2.30. The topological polar surface area (TPSA) is 49.4 Å². The first-order valence-corrected chi connectivity index (χ1v) is 11.8. The van der Waals surface area contributed by atoms with Crippen LogP contribution in [0.3, 0.4) is 0 Å². The van der Waals surface area contributed by atoms with E-state index in [4.69, 9.17) is 0 Å². The molecule has 0 aliphatic carbocycles. The van der Waals surface area contributed by atoms with E-state index >= 15 is 0 Å². The lowest BCUT2D eigenvalue weighted by atomic mass is 9.86. The van der Waals surface area contributed by atoms with E-state index in [1.807, 2.05) is 39.0 Å². The van der Waals surface area contributed by atoms with Crippen molar-refractivity contribution in [3.8, 4) is 0 Å². The van der Waals surface area contributed by atoms with Crippen molar-refractivity contribution in [2.75, 3.05) is 6.54 Å². The van der Waals surface area contributed by atoms with Gasteiger partial charge in [-0.1, -0.05) is 82.3 Å². The normalized spacial score (nSPS) is 13.3. The monoisotopic (exact) mass is 436 g/mol. The van der Waals surface area contributed by atoms with Crippen molar-refractivity contribution in [1.82, 2.24) is 10.2 Å². The molecule has 2 aromatic rings. The van der Waals surface area contributed by atoms with Crippen molar-refractivity contribution in [2.45, 2.75) is 84.7 Å². The predicted molar refractivity (Wildman–Crippen MR) is 133 cm³/mol. The Bertz CT molecular complexity index is 853. The molecular weight excluding hydrogens is 396 g/mol. The summed E-state index contributed by atoms with van der Waals surface area (Å²) >= 11 is 0. The van der Waals surface area contributed by atoms with Gasteiger partial charge in [0.25, 0.3) is 0 Å². The molecule has 1 N–H and O–H groups in total. The van der Waals surface area contributed by atoms with E-state index in [0.717, 1.165) is 24.0 Å². The van der Waals surface area contributed by atoms with Gasteiger partial charge in [-0.05, 0) is 55.2 Å². The molecule has 0 spiro atoms. The lowest BCUT2D eigenvalue weighted by Crippen LogP contribution is -2.50. The van der Waals surface area contributed by atoms with Crippen molar-refractivity contribution in [2.24, 2.45) is 0 Å². The van der Waals surface area contributed by atoms with Gasteiger partial charge in [-0.3, -0.25) is 9.59 Å². The fourth-order valence-electron chi connectivity index (χ4n) is 3.60. The van der Waals surface area contributed by atoms with E-state index in [1.54, 1.807) is 4.90 Å². The van der Waals surface area contributed by atoms with Crippen LogP contribution in [0.15, 0.2) is 54.6 Å². The molecule has 32 heavy (non-hydrogen) atoms. The van der Waals surface area contributed by atoms with Crippen LogP contribution in [0.5, 0.6) is 0 Å². The van der Waals surface area contributed by atoms with E-state index in [2.05, 4.69) is 62.5 Å². The minimum Gasteiger partial charge on any atom is -0.352 e. The maximum atomic E-state index is 13.2. The highest BCUT2D eigenvalue weighted by atomic mass is 16.2. The highest BCUT2D eigenvalue weighted by Gasteiger charge is 2.26. The van der Waals surface area contributed by atoms with Gasteiger partial charge in [0.05, 0.1) is 0 Å². The first-order valence-electron chi connectivity index (χ1n) is 11.8. The van der Waals surface area contributed by atoms with Crippen LogP contribution in [-0.2, 0) is 27.8 Å². The second-order valence-corrected chi connectivity index (χ2v) is 9.76. The summed E-state index contributed by atoms with van der Waals surface area (Å²) in [7, 11) is 0. The van der Waals surface area contributed by atoms with Gasteiger partial charge < -0.3 is 10.2 Å². The molecule has 4 nitrogen and oxygen atoms in total. The molecule has 0 saturated carbocycles. The molecule has 0 bridgehead atoms. The molecule has 174 valence electrons. The molecule has 0 heterocycles. The summed E-state index contributed by atoms with van der Waals surface area (Å²) in [5.74, 6) is -0.0667. The fraction of sp³-hybridized carbons (Fsp3) is 0.500. The summed E-state index contributed by atoms with van der Waals surface area (Å²) in [4.78, 5) is 27.7. The van der Waals surface area contributed by atoms with Crippen molar-refractivity contribution in [3.05, 3.63) is 71.3 Å². The Labute approximate surface area is 194 Å². The quantitative estimate of drug-likeness (QED) is 0.550. The molecule has 2 rings (SSSR count). The summed E-state index contributed by atoms with van der Waals surface area (Å²) in [6, 6.07) is 18.2. The van der Waals surface area contributed by atoms with Crippen LogP contribution < -0.4 is 5.32 Å². The van der Waals surface area contributed by atoms with Gasteiger partial charge >= 0.3 is 0 Å². The Balaban J connectivity index is 2.07. The third-order valence-corrected chi connectivity index (χ3v) is 6.10. The zero-order valence-corrected chi connectivity index (χ0v) is 20.7. The highest BCUT2D eigenvalue weighted by Crippen LogP contribution is 2.22. The van der Waals surface area contributed by atoms with Gasteiger partial charge in [0.2, 0.25) is 11.8 Å². The summed E-state index contributed by atoms with van der Waals surface area (Å²) in [6.45, 7) is 13.0. The number of carbonyl (C=O) groups excluding carboxylic acids is 2. The Hall–Kier alpha value is -2.62. The molecule has 0 radical (unpaired) electrons. The number of benzene rings is 2. The zero-order valence-electron chi connectivity index (χ0n) is 20.7. The smallest absolute Gasteiger partial charge is 0.242 e. The first kappa shape index (κ1) is 25.6. The fourth-order valence-corrected chi connectivity index (χ4v) is 3.60. The van der Waals surface area contributed by atoms with Crippen LogP contribution in [-0.4, -0.2) is 35.3 Å². The van der Waals surface area contributed by atoms with Crippen molar-refractivity contribution in [3.63, 3.8) is 0 Å². The Kier molecular flexibility index (Phi) is 9.49. The molecule has 0 aromatic heterocycles. The number of aryl methyl sites for hydroxylation is 1. The highest BCUT2D eigenvalue weighted by molar-refractivity contribution is 5.87. The van der Waals surface area contributed by atoms with Crippen molar-refractivity contribution in [1.29, 1.82) is 0 Å². The van der Waals surface area contributed by atoms with Crippen molar-refractivity contribution < 1.29 is 9.59 Å². The van der Waals surface area contributed by atoms with Crippen LogP contribution in [0.1, 0.15) is 71.1 Å². The summed E-state index contributed by atoms with van der Waals surface area (Å²) in [5, 5.41) is 3.02. The van der Waals surface area contributed by atoms with Crippen molar-refractivity contribution >= 4 is 11.8 Å². The standard InChI is InChI=1S/C28H40N2O2/c1-7-21(2)29-27(32)22(3)30(20-19-23-11-9-8-10-12-23)26(31)18-15-24-13-16-25(17-14-24)28(4,5)6/h8-14,16-17,21-22H,7,15,18-20H2,1-6H3,(H,29,32)/t21-,22+/m0/s1. The minimum atomic E-state index is -0.497. The Morgan fingerprint density at radius 2 is 1.50 bits per heavy atom. The van der Waals surface area contributed by atoms with Gasteiger partial charge in [-0.15, -0.1) is 0 Å². The number of hydrogen-bond acceptors (Lipinski definition) is 2. The summed E-state index contributed by atoms with van der Waals surface area (Å²) < 4.78 is 0. The van der Waals surface area contributed by atoms with E-state index < -0.39 is 6.04 Å². The second-order valence-electron chi connectivity index (χ2n) is 9.76. The van der Waals surface area contributed by atoms with Gasteiger partial charge in [-0.25, -0.2) is 0 Å². The van der Waals surface area contributed by atoms with Gasteiger partial charge in [-0.2, -0.15) is 0 Å². The number of nitrogens with one attached hydrogen (secondary N) is 1. The molecule has 0 saturated heterocycles. The minimum absolute atomic E-state index is 0.0210. The zero-order chi connectivity index (χ0) is 23.7. The third-order valence-electron chi connectivity index (χ3n) is 6.10. The maximum Gasteiger partial charge on any atom is 0.242 e. The number of nitrogens with zero attached hydrogens (tertiary/aromatic N) is 1. The van der Waals surface area contributed by atoms with E-state index in [1.165, 1.54) is 5.56 Å². The van der Waals surface area contributed by atoms with Crippen LogP contribution >= 0.6 is 0 Å².